The standard InChI is InChI=1S/Al.Fe.Mg.Mn.O.5H/q;;+2;;;;;;2*-1. The summed E-state index contributed by atoms with van der Waals surface area (Å²) in [5.74, 6) is 0. The van der Waals surface area contributed by atoms with Gasteiger partial charge in [0.05, 0.1) is 0 Å². The Hall–Kier alpha value is 2.14. The summed E-state index contributed by atoms with van der Waals surface area (Å²) >= 11 is 2.00. The third-order valence-electron chi connectivity index (χ3n) is 0. The van der Waals surface area contributed by atoms with Crippen molar-refractivity contribution in [1.82, 2.24) is 0 Å². The van der Waals surface area contributed by atoms with E-state index in [0.29, 0.717) is 0 Å². The van der Waals surface area contributed by atoms with Gasteiger partial charge in [0, 0.05) is 17.1 Å². The first kappa shape index (κ1) is 27.3. The third kappa shape index (κ3) is 23.0. The number of hydrogen-bond donors (Lipinski definition) is 0. The summed E-state index contributed by atoms with van der Waals surface area (Å²) in [6.07, 6.45) is 0. The van der Waals surface area contributed by atoms with Gasteiger partial charge in [-0.05, 0) is 0 Å². The van der Waals surface area contributed by atoms with E-state index in [4.69, 9.17) is 3.83 Å². The van der Waals surface area contributed by atoms with E-state index < -0.39 is 0 Å². The van der Waals surface area contributed by atoms with Gasteiger partial charge in [-0.1, -0.05) is 0 Å². The van der Waals surface area contributed by atoms with Gasteiger partial charge in [-0.2, -0.15) is 0 Å². The van der Waals surface area contributed by atoms with Crippen LogP contribution in [0.5, 0.6) is 0 Å². The molecule has 1 nitrogen and oxygen atoms in total. The van der Waals surface area contributed by atoms with Crippen LogP contribution in [-0.4, -0.2) is 40.4 Å². The van der Waals surface area contributed by atoms with Crippen molar-refractivity contribution in [3.8, 4) is 0 Å². The molecule has 0 saturated heterocycles. The predicted molar refractivity (Wildman–Crippen MR) is 18.6 cm³/mol. The van der Waals surface area contributed by atoms with E-state index in [1.807, 2.05) is 15.9 Å². The summed E-state index contributed by atoms with van der Waals surface area (Å²) < 4.78 is 8.00. The first-order chi connectivity index (χ1) is 1.00. The van der Waals surface area contributed by atoms with Crippen LogP contribution in [0.3, 0.4) is 0 Å². The molecular weight excluding hydrogens is 178 g/mol. The molecule has 5 heavy (non-hydrogen) atoms. The molecule has 0 fully saturated rings. The Morgan fingerprint density at radius 3 is 1.40 bits per heavy atom. The van der Waals surface area contributed by atoms with Gasteiger partial charge in [0.25, 0.3) is 0 Å². The van der Waals surface area contributed by atoms with E-state index in [2.05, 4.69) is 0 Å². The van der Waals surface area contributed by atoms with E-state index in [-0.39, 0.29) is 60.3 Å². The van der Waals surface area contributed by atoms with Crippen LogP contribution in [0.1, 0.15) is 2.85 Å². The number of hydrogen-bond acceptors (Lipinski definition) is 1. The third-order valence-corrected chi connectivity index (χ3v) is 0. The van der Waals surface area contributed by atoms with Crippen LogP contribution in [0, 0.1) is 0 Å². The van der Waals surface area contributed by atoms with Gasteiger partial charge in [-0.3, -0.25) is 0 Å². The van der Waals surface area contributed by atoms with Crippen LogP contribution < -0.4 is 0 Å². The summed E-state index contributed by atoms with van der Waals surface area (Å²) in [7, 11) is 0. The van der Waals surface area contributed by atoms with Gasteiger partial charge < -0.3 is 2.85 Å². The van der Waals surface area contributed by atoms with E-state index in [1.165, 1.54) is 0 Å². The van der Waals surface area contributed by atoms with Crippen LogP contribution in [0.25, 0.3) is 0 Å². The quantitative estimate of drug-likeness (QED) is 0.419. The van der Waals surface area contributed by atoms with Crippen molar-refractivity contribution in [2.24, 2.45) is 0 Å². The van der Waals surface area contributed by atoms with E-state index in [0.717, 1.165) is 0 Å². The molecule has 5 heteroatoms. The molecule has 0 aromatic rings. The number of rotatable bonds is 0. The Morgan fingerprint density at radius 2 is 1.40 bits per heavy atom. The van der Waals surface area contributed by atoms with Crippen molar-refractivity contribution in [3.05, 3.63) is 0 Å². The van der Waals surface area contributed by atoms with Crippen molar-refractivity contribution in [2.75, 3.05) is 0 Å². The molecular formula is H5AlFeMgMnO. The monoisotopic (exact) mass is 183 g/mol. The second kappa shape index (κ2) is 35.5. The van der Waals surface area contributed by atoms with Crippen molar-refractivity contribution in [1.29, 1.82) is 0 Å². The van der Waals surface area contributed by atoms with Gasteiger partial charge in [-0.25, -0.2) is 0 Å². The molecule has 0 aliphatic carbocycles. The molecule has 1 radical (unpaired) electrons. The molecule has 0 amide bonds. The van der Waals surface area contributed by atoms with Crippen molar-refractivity contribution in [2.45, 2.75) is 0 Å². The first-order valence-electron chi connectivity index (χ1n) is 0.144. The first-order valence-corrected chi connectivity index (χ1v) is 0.595. The van der Waals surface area contributed by atoms with Crippen LogP contribution in [0.4, 0.5) is 0 Å². The Balaban J connectivity index is -0.000000000500. The Morgan fingerprint density at radius 1 is 1.40 bits per heavy atom. The van der Waals surface area contributed by atoms with Gasteiger partial charge >= 0.3 is 42.8 Å². The van der Waals surface area contributed by atoms with E-state index in [9.17, 15) is 0 Å². The molecule has 0 aromatic heterocycles. The van der Waals surface area contributed by atoms with Crippen molar-refractivity contribution >= 4 is 40.4 Å². The van der Waals surface area contributed by atoms with Gasteiger partial charge in [0.1, 0.15) is 0 Å². The molecule has 0 spiro atoms. The summed E-state index contributed by atoms with van der Waals surface area (Å²) in [6, 6.07) is 0. The molecule has 0 bridgehead atoms. The molecule has 0 unspecified atom stereocenters. The Bertz CT molecular complexity index is 17.7. The van der Waals surface area contributed by atoms with Crippen LogP contribution >= 0.6 is 0 Å². The van der Waals surface area contributed by atoms with E-state index in [1.54, 1.807) is 0 Å². The maximum absolute atomic E-state index is 8.00. The summed E-state index contributed by atoms with van der Waals surface area (Å²) in [4.78, 5) is 0. The second-order valence-corrected chi connectivity index (χ2v) is 0. The molecule has 31 valence electrons. The summed E-state index contributed by atoms with van der Waals surface area (Å²) in [5.41, 5.74) is 0. The molecule has 0 aliphatic heterocycles. The SMILES string of the molecule is [AlH3].[H-].[H-].[Mg+2].[Mn].[O]=[Fe]. The molecule has 0 heterocycles. The topological polar surface area (TPSA) is 17.1 Å². The molecule has 0 N–H and O–H groups in total. The molecule has 0 aliphatic rings. The minimum absolute atomic E-state index is 0. The average Bonchev–Trinajstić information content (AvgIpc) is 1.00. The zero-order valence-electron chi connectivity index (χ0n) is 3.85. The van der Waals surface area contributed by atoms with Crippen LogP contribution in [0.15, 0.2) is 0 Å². The maximum atomic E-state index is 8.00. The van der Waals surface area contributed by atoms with Gasteiger partial charge in [0.15, 0.2) is 17.4 Å². The van der Waals surface area contributed by atoms with E-state index >= 15 is 0 Å². The predicted octanol–water partition coefficient (Wildman–Crippen LogP) is -1.46. The van der Waals surface area contributed by atoms with Crippen molar-refractivity contribution < 1.29 is 39.7 Å². The van der Waals surface area contributed by atoms with Gasteiger partial charge in [0.2, 0.25) is 0 Å². The fourth-order valence-corrected chi connectivity index (χ4v) is 0. The molecule has 0 rings (SSSR count). The molecule has 0 aromatic carbocycles. The second-order valence-electron chi connectivity index (χ2n) is 0. The molecule has 0 saturated carbocycles. The fourth-order valence-electron chi connectivity index (χ4n) is 0. The Labute approximate surface area is 79.4 Å². The van der Waals surface area contributed by atoms with Crippen molar-refractivity contribution in [3.63, 3.8) is 0 Å². The van der Waals surface area contributed by atoms with Crippen LogP contribution in [-0.2, 0) is 36.8 Å². The summed E-state index contributed by atoms with van der Waals surface area (Å²) in [5, 5.41) is 0. The normalized spacial score (nSPS) is 1.00. The average molecular weight is 183 g/mol. The zero-order valence-corrected chi connectivity index (χ0v) is 5.55. The van der Waals surface area contributed by atoms with Crippen LogP contribution in [0.2, 0.25) is 0 Å². The molecule has 0 atom stereocenters. The minimum atomic E-state index is 0. The van der Waals surface area contributed by atoms with Gasteiger partial charge in [-0.15, -0.1) is 0 Å². The fraction of sp³-hybridized carbons (Fsp3) is 0. The Kier molecular flexibility index (Phi) is 194. The zero-order chi connectivity index (χ0) is 2.00. The summed E-state index contributed by atoms with van der Waals surface area (Å²) in [6.45, 7) is 0.